The molecule has 0 aliphatic rings. The van der Waals surface area contributed by atoms with Crippen molar-refractivity contribution in [2.45, 2.75) is 6.10 Å². The molecule has 0 aliphatic heterocycles. The van der Waals surface area contributed by atoms with Crippen LogP contribution >= 0.6 is 0 Å². The summed E-state index contributed by atoms with van der Waals surface area (Å²) >= 11 is 0. The van der Waals surface area contributed by atoms with Gasteiger partial charge in [0.05, 0.1) is 11.0 Å². The summed E-state index contributed by atoms with van der Waals surface area (Å²) in [6, 6.07) is 18.2. The van der Waals surface area contributed by atoms with E-state index in [0.29, 0.717) is 6.54 Å². The lowest BCUT2D eigenvalue weighted by atomic mass is 10.2. The Labute approximate surface area is 117 Å². The van der Waals surface area contributed by atoms with E-state index in [4.69, 9.17) is 10.5 Å². The molecule has 3 rings (SSSR count). The summed E-state index contributed by atoms with van der Waals surface area (Å²) in [6.45, 7) is 0.395. The second kappa shape index (κ2) is 5.45. The molecule has 0 fully saturated rings. The van der Waals surface area contributed by atoms with Gasteiger partial charge < -0.3 is 10.5 Å². The van der Waals surface area contributed by atoms with Crippen LogP contribution in [0.3, 0.4) is 0 Å². The molecule has 2 N–H and O–H groups in total. The molecule has 4 nitrogen and oxygen atoms in total. The first-order valence-corrected chi connectivity index (χ1v) is 6.61. The van der Waals surface area contributed by atoms with Crippen molar-refractivity contribution in [3.05, 3.63) is 60.4 Å². The number of methoxy groups -OCH3 is 1. The monoisotopic (exact) mass is 267 g/mol. The lowest BCUT2D eigenvalue weighted by molar-refractivity contribution is 0.102. The minimum atomic E-state index is -0.220. The van der Waals surface area contributed by atoms with Crippen molar-refractivity contribution in [1.29, 1.82) is 0 Å². The Morgan fingerprint density at radius 3 is 2.50 bits per heavy atom. The highest BCUT2D eigenvalue weighted by molar-refractivity contribution is 5.78. The quantitative estimate of drug-likeness (QED) is 0.790. The van der Waals surface area contributed by atoms with E-state index >= 15 is 0 Å². The second-order valence-corrected chi connectivity index (χ2v) is 4.59. The van der Waals surface area contributed by atoms with Gasteiger partial charge in [0.1, 0.15) is 11.9 Å². The van der Waals surface area contributed by atoms with E-state index < -0.39 is 0 Å². The van der Waals surface area contributed by atoms with Gasteiger partial charge >= 0.3 is 0 Å². The molecular formula is C16H17N3O. The van der Waals surface area contributed by atoms with E-state index in [1.54, 1.807) is 7.11 Å². The Morgan fingerprint density at radius 2 is 1.80 bits per heavy atom. The highest BCUT2D eigenvalue weighted by Crippen LogP contribution is 2.26. The van der Waals surface area contributed by atoms with Crippen LogP contribution in [-0.4, -0.2) is 23.2 Å². The largest absolute Gasteiger partial charge is 0.372 e. The first-order valence-electron chi connectivity index (χ1n) is 6.61. The van der Waals surface area contributed by atoms with Crippen LogP contribution in [0.15, 0.2) is 54.6 Å². The zero-order valence-corrected chi connectivity index (χ0v) is 11.4. The lowest BCUT2D eigenvalue weighted by Crippen LogP contribution is -2.18. The predicted octanol–water partition coefficient (Wildman–Crippen LogP) is 2.67. The fourth-order valence-corrected chi connectivity index (χ4v) is 2.42. The predicted molar refractivity (Wildman–Crippen MR) is 79.9 cm³/mol. The van der Waals surface area contributed by atoms with Crippen LogP contribution in [0.25, 0.3) is 16.7 Å². The highest BCUT2D eigenvalue weighted by Gasteiger charge is 2.19. The van der Waals surface area contributed by atoms with Crippen LogP contribution < -0.4 is 5.73 Å². The van der Waals surface area contributed by atoms with Crippen LogP contribution in [0, 0.1) is 0 Å². The van der Waals surface area contributed by atoms with Gasteiger partial charge in [-0.05, 0) is 24.3 Å². The SMILES string of the molecule is COC(CN)c1nc2ccccc2n1-c1ccccc1. The average Bonchev–Trinajstić information content (AvgIpc) is 2.88. The van der Waals surface area contributed by atoms with Crippen molar-refractivity contribution in [3.63, 3.8) is 0 Å². The Bertz CT molecular complexity index is 702. The number of hydrogen-bond acceptors (Lipinski definition) is 3. The van der Waals surface area contributed by atoms with Crippen LogP contribution in [0.5, 0.6) is 0 Å². The molecule has 1 atom stereocenters. The normalized spacial score (nSPS) is 12.7. The number of rotatable bonds is 4. The molecule has 102 valence electrons. The molecule has 0 saturated carbocycles. The zero-order chi connectivity index (χ0) is 13.9. The number of imidazole rings is 1. The second-order valence-electron chi connectivity index (χ2n) is 4.59. The number of ether oxygens (including phenoxy) is 1. The lowest BCUT2D eigenvalue weighted by Gasteiger charge is -2.15. The molecule has 3 aromatic rings. The maximum atomic E-state index is 5.81. The first-order chi connectivity index (χ1) is 9.85. The van der Waals surface area contributed by atoms with E-state index in [9.17, 15) is 0 Å². The number of benzene rings is 2. The van der Waals surface area contributed by atoms with Crippen LogP contribution in [-0.2, 0) is 4.74 Å². The van der Waals surface area contributed by atoms with Gasteiger partial charge in [-0.15, -0.1) is 0 Å². The fourth-order valence-electron chi connectivity index (χ4n) is 2.42. The number of aromatic nitrogens is 2. The van der Waals surface area contributed by atoms with Crippen molar-refractivity contribution in [2.24, 2.45) is 5.73 Å². The Morgan fingerprint density at radius 1 is 1.10 bits per heavy atom. The molecule has 1 heterocycles. The smallest absolute Gasteiger partial charge is 0.145 e. The summed E-state index contributed by atoms with van der Waals surface area (Å²) in [5.41, 5.74) is 8.87. The van der Waals surface area contributed by atoms with Gasteiger partial charge in [-0.3, -0.25) is 4.57 Å². The Kier molecular flexibility index (Phi) is 3.50. The topological polar surface area (TPSA) is 53.1 Å². The van der Waals surface area contributed by atoms with Crippen molar-refractivity contribution in [1.82, 2.24) is 9.55 Å². The van der Waals surface area contributed by atoms with E-state index in [-0.39, 0.29) is 6.10 Å². The molecule has 0 spiro atoms. The Balaban J connectivity index is 2.29. The van der Waals surface area contributed by atoms with Crippen LogP contribution in [0.1, 0.15) is 11.9 Å². The average molecular weight is 267 g/mol. The molecule has 0 amide bonds. The van der Waals surface area contributed by atoms with Gasteiger partial charge in [0.25, 0.3) is 0 Å². The molecule has 0 saturated heterocycles. The van der Waals surface area contributed by atoms with E-state index in [0.717, 1.165) is 22.5 Å². The first kappa shape index (κ1) is 12.8. The summed E-state index contributed by atoms with van der Waals surface area (Å²) < 4.78 is 7.58. The molecule has 20 heavy (non-hydrogen) atoms. The van der Waals surface area contributed by atoms with E-state index in [2.05, 4.69) is 27.8 Å². The maximum absolute atomic E-state index is 5.81. The van der Waals surface area contributed by atoms with Gasteiger partial charge in [-0.1, -0.05) is 30.3 Å². The third-order valence-corrected chi connectivity index (χ3v) is 3.39. The van der Waals surface area contributed by atoms with Gasteiger partial charge in [-0.2, -0.15) is 0 Å². The molecule has 1 unspecified atom stereocenters. The van der Waals surface area contributed by atoms with Crippen molar-refractivity contribution in [2.75, 3.05) is 13.7 Å². The van der Waals surface area contributed by atoms with E-state index in [1.807, 2.05) is 36.4 Å². The summed E-state index contributed by atoms with van der Waals surface area (Å²) in [5.74, 6) is 0.836. The van der Waals surface area contributed by atoms with Gasteiger partial charge in [0, 0.05) is 19.3 Å². The number of fused-ring (bicyclic) bond motifs is 1. The number of hydrogen-bond donors (Lipinski definition) is 1. The summed E-state index contributed by atoms with van der Waals surface area (Å²) in [5, 5.41) is 0. The van der Waals surface area contributed by atoms with Crippen molar-refractivity contribution >= 4 is 11.0 Å². The van der Waals surface area contributed by atoms with Crippen LogP contribution in [0.4, 0.5) is 0 Å². The number of nitrogens with zero attached hydrogens (tertiary/aromatic N) is 2. The number of nitrogens with two attached hydrogens (primary N) is 1. The Hall–Kier alpha value is -2.17. The maximum Gasteiger partial charge on any atom is 0.145 e. The van der Waals surface area contributed by atoms with Crippen molar-refractivity contribution < 1.29 is 4.74 Å². The molecular weight excluding hydrogens is 250 g/mol. The minimum Gasteiger partial charge on any atom is -0.372 e. The van der Waals surface area contributed by atoms with Gasteiger partial charge in [-0.25, -0.2) is 4.98 Å². The summed E-state index contributed by atoms with van der Waals surface area (Å²) in [4.78, 5) is 4.69. The third-order valence-electron chi connectivity index (χ3n) is 3.39. The fraction of sp³-hybridized carbons (Fsp3) is 0.188. The van der Waals surface area contributed by atoms with E-state index in [1.165, 1.54) is 0 Å². The molecule has 2 aromatic carbocycles. The molecule has 4 heteroatoms. The molecule has 0 radical (unpaired) electrons. The number of para-hydroxylation sites is 3. The standard InChI is InChI=1S/C16H17N3O/c1-20-15(11-17)16-18-13-9-5-6-10-14(13)19(16)12-7-3-2-4-8-12/h2-10,15H,11,17H2,1H3. The molecule has 1 aromatic heterocycles. The molecule has 0 aliphatic carbocycles. The highest BCUT2D eigenvalue weighted by atomic mass is 16.5. The summed E-state index contributed by atoms with van der Waals surface area (Å²) in [6.07, 6.45) is -0.220. The zero-order valence-electron chi connectivity index (χ0n) is 11.4. The molecule has 0 bridgehead atoms. The van der Waals surface area contributed by atoms with Crippen molar-refractivity contribution in [3.8, 4) is 5.69 Å². The summed E-state index contributed by atoms with van der Waals surface area (Å²) in [7, 11) is 1.66. The third kappa shape index (κ3) is 2.09. The van der Waals surface area contributed by atoms with Crippen LogP contribution in [0.2, 0.25) is 0 Å². The minimum absolute atomic E-state index is 0.220. The van der Waals surface area contributed by atoms with Gasteiger partial charge in [0.2, 0.25) is 0 Å². The van der Waals surface area contributed by atoms with Gasteiger partial charge in [0.15, 0.2) is 0 Å².